The Bertz CT molecular complexity index is 954. The number of carbonyl (C=O) groups excluding carboxylic acids is 2. The van der Waals surface area contributed by atoms with Crippen molar-refractivity contribution in [1.29, 1.82) is 0 Å². The molecule has 0 radical (unpaired) electrons. The SMILES string of the molecule is CCOC(=O)C1=C(c2ccccc2)N=C2SCCC(=O)N2C1c1ccccc1. The highest BCUT2D eigenvalue weighted by atomic mass is 32.2. The summed E-state index contributed by atoms with van der Waals surface area (Å²) in [5, 5.41) is 0.636. The van der Waals surface area contributed by atoms with Crippen LogP contribution < -0.4 is 0 Å². The Hall–Kier alpha value is -2.86. The molecule has 2 aromatic carbocycles. The summed E-state index contributed by atoms with van der Waals surface area (Å²) < 4.78 is 5.39. The highest BCUT2D eigenvalue weighted by molar-refractivity contribution is 8.14. The van der Waals surface area contributed by atoms with Crippen LogP contribution in [0.3, 0.4) is 0 Å². The van der Waals surface area contributed by atoms with Gasteiger partial charge in [0.2, 0.25) is 5.91 Å². The van der Waals surface area contributed by atoms with Crippen molar-refractivity contribution in [3.8, 4) is 0 Å². The third kappa shape index (κ3) is 3.36. The lowest BCUT2D eigenvalue weighted by molar-refractivity contribution is -0.139. The monoisotopic (exact) mass is 392 g/mol. The number of thioether (sulfide) groups is 1. The molecule has 0 spiro atoms. The Morgan fingerprint density at radius 1 is 1.14 bits per heavy atom. The Balaban J connectivity index is 1.97. The first-order chi connectivity index (χ1) is 13.7. The molecule has 0 N–H and O–H groups in total. The molecule has 2 aromatic rings. The molecule has 4 rings (SSSR count). The minimum absolute atomic E-state index is 0.0275. The first-order valence-electron chi connectivity index (χ1n) is 9.26. The van der Waals surface area contributed by atoms with Gasteiger partial charge in [-0.25, -0.2) is 9.79 Å². The summed E-state index contributed by atoms with van der Waals surface area (Å²) in [6, 6.07) is 18.6. The van der Waals surface area contributed by atoms with E-state index in [9.17, 15) is 9.59 Å². The molecule has 2 aliphatic rings. The smallest absolute Gasteiger partial charge is 0.338 e. The normalized spacial score (nSPS) is 19.2. The lowest BCUT2D eigenvalue weighted by atomic mass is 9.92. The van der Waals surface area contributed by atoms with E-state index in [0.717, 1.165) is 11.1 Å². The maximum absolute atomic E-state index is 13.1. The third-order valence-electron chi connectivity index (χ3n) is 4.67. The van der Waals surface area contributed by atoms with E-state index in [-0.39, 0.29) is 12.5 Å². The van der Waals surface area contributed by atoms with Crippen LogP contribution in [-0.2, 0) is 14.3 Å². The predicted octanol–water partition coefficient (Wildman–Crippen LogP) is 4.04. The highest BCUT2D eigenvalue weighted by Gasteiger charge is 2.42. The summed E-state index contributed by atoms with van der Waals surface area (Å²) >= 11 is 1.54. The first-order valence-corrected chi connectivity index (χ1v) is 10.2. The molecule has 1 amide bonds. The van der Waals surface area contributed by atoms with Gasteiger partial charge in [0, 0.05) is 17.7 Å². The van der Waals surface area contributed by atoms with Gasteiger partial charge in [-0.05, 0) is 12.5 Å². The number of amides is 1. The van der Waals surface area contributed by atoms with Crippen LogP contribution in [0.15, 0.2) is 71.2 Å². The van der Waals surface area contributed by atoms with Crippen molar-refractivity contribution in [2.24, 2.45) is 4.99 Å². The molecule has 2 aliphatic heterocycles. The van der Waals surface area contributed by atoms with E-state index in [1.165, 1.54) is 0 Å². The Labute approximate surface area is 168 Å². The maximum atomic E-state index is 13.1. The summed E-state index contributed by atoms with van der Waals surface area (Å²) in [4.78, 5) is 32.3. The van der Waals surface area contributed by atoms with E-state index < -0.39 is 12.0 Å². The molecule has 0 aliphatic carbocycles. The number of fused-ring (bicyclic) bond motifs is 1. The number of ether oxygens (including phenoxy) is 1. The van der Waals surface area contributed by atoms with Crippen LogP contribution in [0.25, 0.3) is 5.70 Å². The number of carbonyl (C=O) groups is 2. The molecule has 0 bridgehead atoms. The van der Waals surface area contributed by atoms with E-state index in [1.807, 2.05) is 60.7 Å². The van der Waals surface area contributed by atoms with Gasteiger partial charge in [0.25, 0.3) is 0 Å². The Morgan fingerprint density at radius 2 is 1.82 bits per heavy atom. The zero-order chi connectivity index (χ0) is 19.5. The second-order valence-corrected chi connectivity index (χ2v) is 7.48. The van der Waals surface area contributed by atoms with Gasteiger partial charge in [0.1, 0.15) is 0 Å². The molecule has 28 heavy (non-hydrogen) atoms. The molecular weight excluding hydrogens is 372 g/mol. The van der Waals surface area contributed by atoms with E-state index in [0.29, 0.717) is 28.6 Å². The van der Waals surface area contributed by atoms with Crippen molar-refractivity contribution in [1.82, 2.24) is 4.90 Å². The molecule has 1 unspecified atom stereocenters. The minimum Gasteiger partial charge on any atom is -0.463 e. The second kappa shape index (κ2) is 8.02. The van der Waals surface area contributed by atoms with Crippen LogP contribution in [0.4, 0.5) is 0 Å². The van der Waals surface area contributed by atoms with Crippen LogP contribution in [0.2, 0.25) is 0 Å². The predicted molar refractivity (Wildman–Crippen MR) is 111 cm³/mol. The van der Waals surface area contributed by atoms with Gasteiger partial charge in [-0.2, -0.15) is 0 Å². The number of amidine groups is 1. The Kier molecular flexibility index (Phi) is 5.30. The van der Waals surface area contributed by atoms with Crippen LogP contribution in [0.1, 0.15) is 30.5 Å². The van der Waals surface area contributed by atoms with Crippen molar-refractivity contribution in [3.63, 3.8) is 0 Å². The van der Waals surface area contributed by atoms with Crippen LogP contribution in [0.5, 0.6) is 0 Å². The van der Waals surface area contributed by atoms with Crippen molar-refractivity contribution in [3.05, 3.63) is 77.4 Å². The van der Waals surface area contributed by atoms with Crippen molar-refractivity contribution >= 4 is 34.5 Å². The first kappa shape index (κ1) is 18.5. The van der Waals surface area contributed by atoms with Gasteiger partial charge < -0.3 is 4.74 Å². The van der Waals surface area contributed by atoms with E-state index in [1.54, 1.807) is 23.6 Å². The number of benzene rings is 2. The van der Waals surface area contributed by atoms with Crippen molar-refractivity contribution < 1.29 is 14.3 Å². The fraction of sp³-hybridized carbons (Fsp3) is 0.227. The maximum Gasteiger partial charge on any atom is 0.338 e. The summed E-state index contributed by atoms with van der Waals surface area (Å²) in [6.45, 7) is 2.03. The van der Waals surface area contributed by atoms with Gasteiger partial charge in [0.15, 0.2) is 5.17 Å². The van der Waals surface area contributed by atoms with E-state index >= 15 is 0 Å². The van der Waals surface area contributed by atoms with Gasteiger partial charge in [-0.1, -0.05) is 72.4 Å². The molecule has 2 heterocycles. The van der Waals surface area contributed by atoms with Crippen LogP contribution >= 0.6 is 11.8 Å². The van der Waals surface area contributed by atoms with Gasteiger partial charge in [0.05, 0.1) is 23.9 Å². The van der Waals surface area contributed by atoms with Crippen molar-refractivity contribution in [2.75, 3.05) is 12.4 Å². The van der Waals surface area contributed by atoms with Gasteiger partial charge in [-0.15, -0.1) is 0 Å². The molecule has 1 atom stereocenters. The second-order valence-electron chi connectivity index (χ2n) is 6.42. The van der Waals surface area contributed by atoms with Gasteiger partial charge in [-0.3, -0.25) is 9.69 Å². The molecule has 1 fully saturated rings. The van der Waals surface area contributed by atoms with Gasteiger partial charge >= 0.3 is 5.97 Å². The van der Waals surface area contributed by atoms with E-state index in [4.69, 9.17) is 9.73 Å². The van der Waals surface area contributed by atoms with Crippen LogP contribution in [-0.4, -0.2) is 34.3 Å². The quantitative estimate of drug-likeness (QED) is 0.737. The zero-order valence-corrected chi connectivity index (χ0v) is 16.3. The number of nitrogens with zero attached hydrogens (tertiary/aromatic N) is 2. The topological polar surface area (TPSA) is 59.0 Å². The lowest BCUT2D eigenvalue weighted by Gasteiger charge is -2.39. The fourth-order valence-electron chi connectivity index (χ4n) is 3.47. The zero-order valence-electron chi connectivity index (χ0n) is 15.5. The molecule has 142 valence electrons. The fourth-order valence-corrected chi connectivity index (χ4v) is 4.43. The molecule has 5 nitrogen and oxygen atoms in total. The third-order valence-corrected chi connectivity index (χ3v) is 5.63. The number of hydrogen-bond donors (Lipinski definition) is 0. The average molecular weight is 392 g/mol. The molecule has 6 heteroatoms. The molecular formula is C22H20N2O3S. The van der Waals surface area contributed by atoms with E-state index in [2.05, 4.69) is 0 Å². The number of rotatable bonds is 4. The largest absolute Gasteiger partial charge is 0.463 e. The molecule has 1 saturated heterocycles. The highest BCUT2D eigenvalue weighted by Crippen LogP contribution is 2.43. The summed E-state index contributed by atoms with van der Waals surface area (Å²) in [6.07, 6.45) is 0.420. The number of hydrogen-bond acceptors (Lipinski definition) is 5. The lowest BCUT2D eigenvalue weighted by Crippen LogP contribution is -2.45. The standard InChI is InChI=1S/C22H20N2O3S/c1-2-27-21(26)18-19(15-9-5-3-6-10-15)23-22-24(17(25)13-14-28-22)20(18)16-11-7-4-8-12-16/h3-12,20H,2,13-14H2,1H3. The Morgan fingerprint density at radius 3 is 2.50 bits per heavy atom. The summed E-state index contributed by atoms with van der Waals surface area (Å²) in [5.74, 6) is 0.216. The van der Waals surface area contributed by atoms with Crippen LogP contribution in [0, 0.1) is 0 Å². The number of aliphatic imine (C=N–C) groups is 1. The number of esters is 1. The summed E-state index contributed by atoms with van der Waals surface area (Å²) in [7, 11) is 0. The molecule has 0 saturated carbocycles. The summed E-state index contributed by atoms with van der Waals surface area (Å²) in [5.41, 5.74) is 2.67. The minimum atomic E-state index is -0.553. The average Bonchev–Trinajstić information content (AvgIpc) is 2.74. The van der Waals surface area contributed by atoms with Crippen molar-refractivity contribution in [2.45, 2.75) is 19.4 Å². The molecule has 0 aromatic heterocycles.